The Kier molecular flexibility index (Phi) is 6.34. The third-order valence-electron chi connectivity index (χ3n) is 2.99. The van der Waals surface area contributed by atoms with Crippen LogP contribution in [0.4, 0.5) is 0 Å². The Balaban J connectivity index is 2.62. The maximum atomic E-state index is 8.95. The lowest BCUT2D eigenvalue weighted by Gasteiger charge is -2.19. The topological polar surface area (TPSA) is 39.5 Å². The molecule has 0 saturated heterocycles. The van der Waals surface area contributed by atoms with E-state index in [-0.39, 0.29) is 0 Å². The van der Waals surface area contributed by atoms with E-state index < -0.39 is 0 Å². The van der Waals surface area contributed by atoms with E-state index in [1.807, 2.05) is 12.1 Å². The molecule has 0 aliphatic carbocycles. The van der Waals surface area contributed by atoms with Crippen molar-refractivity contribution in [2.75, 3.05) is 41.3 Å². The number of benzene rings is 1. The molecule has 0 unspecified atom stereocenters. The van der Waals surface area contributed by atoms with E-state index in [4.69, 9.17) is 10.00 Å². The third kappa shape index (κ3) is 5.29. The molecule has 4 heteroatoms. The van der Waals surface area contributed by atoms with Gasteiger partial charge in [0.2, 0.25) is 0 Å². The number of rotatable bonds is 7. The van der Waals surface area contributed by atoms with Crippen LogP contribution in [0.25, 0.3) is 0 Å². The van der Waals surface area contributed by atoms with Crippen LogP contribution in [-0.4, -0.2) is 51.1 Å². The summed E-state index contributed by atoms with van der Waals surface area (Å²) in [6, 6.07) is 7.72. The largest absolute Gasteiger partial charge is 0.496 e. The maximum absolute atomic E-state index is 8.95. The zero-order valence-corrected chi connectivity index (χ0v) is 12.3. The Morgan fingerprint density at radius 1 is 1.21 bits per heavy atom. The van der Waals surface area contributed by atoms with Crippen LogP contribution in [0.2, 0.25) is 0 Å². The minimum absolute atomic E-state index is 0.678. The number of ether oxygens (including phenoxy) is 1. The molecule has 0 atom stereocenters. The molecule has 1 rings (SSSR count). The van der Waals surface area contributed by atoms with E-state index in [0.29, 0.717) is 5.56 Å². The molecule has 1 aromatic carbocycles. The van der Waals surface area contributed by atoms with Crippen molar-refractivity contribution in [1.29, 1.82) is 5.26 Å². The summed E-state index contributed by atoms with van der Waals surface area (Å²) < 4.78 is 5.34. The third-order valence-corrected chi connectivity index (χ3v) is 2.99. The van der Waals surface area contributed by atoms with E-state index in [1.165, 1.54) is 0 Å². The summed E-state index contributed by atoms with van der Waals surface area (Å²) in [6.45, 7) is 2.91. The molecule has 0 bridgehead atoms. The first-order valence-electron chi connectivity index (χ1n) is 6.47. The second-order valence-electron chi connectivity index (χ2n) is 5.03. The summed E-state index contributed by atoms with van der Waals surface area (Å²) in [7, 11) is 7.92. The SMILES string of the molecule is COc1ccc(C#N)cc1CN(C)CCCN(C)C. The van der Waals surface area contributed by atoms with Crippen molar-refractivity contribution >= 4 is 0 Å². The molecule has 19 heavy (non-hydrogen) atoms. The lowest BCUT2D eigenvalue weighted by atomic mass is 10.1. The molecular weight excluding hydrogens is 238 g/mol. The number of nitrogens with zero attached hydrogens (tertiary/aromatic N) is 3. The van der Waals surface area contributed by atoms with Gasteiger partial charge in [0.05, 0.1) is 18.7 Å². The van der Waals surface area contributed by atoms with E-state index in [2.05, 4.69) is 37.0 Å². The quantitative estimate of drug-likeness (QED) is 0.752. The van der Waals surface area contributed by atoms with Crippen LogP contribution in [0, 0.1) is 11.3 Å². The molecule has 0 fully saturated rings. The highest BCUT2D eigenvalue weighted by Gasteiger charge is 2.07. The summed E-state index contributed by atoms with van der Waals surface area (Å²) in [6.07, 6.45) is 1.13. The molecule has 1 aromatic rings. The highest BCUT2D eigenvalue weighted by molar-refractivity contribution is 5.41. The Morgan fingerprint density at radius 3 is 2.53 bits per heavy atom. The number of methoxy groups -OCH3 is 1. The highest BCUT2D eigenvalue weighted by Crippen LogP contribution is 2.21. The lowest BCUT2D eigenvalue weighted by Crippen LogP contribution is -2.23. The van der Waals surface area contributed by atoms with Gasteiger partial charge in [0, 0.05) is 12.1 Å². The van der Waals surface area contributed by atoms with E-state index in [9.17, 15) is 0 Å². The molecule has 0 aliphatic rings. The minimum atomic E-state index is 0.678. The summed E-state index contributed by atoms with van der Waals surface area (Å²) in [5, 5.41) is 8.95. The Hall–Kier alpha value is -1.57. The van der Waals surface area contributed by atoms with Crippen molar-refractivity contribution in [2.24, 2.45) is 0 Å². The number of hydrogen-bond donors (Lipinski definition) is 0. The molecule has 0 amide bonds. The second kappa shape index (κ2) is 7.78. The van der Waals surface area contributed by atoms with E-state index in [1.54, 1.807) is 13.2 Å². The Morgan fingerprint density at radius 2 is 1.95 bits per heavy atom. The van der Waals surface area contributed by atoms with Gasteiger partial charge < -0.3 is 14.5 Å². The van der Waals surface area contributed by atoms with Gasteiger partial charge in [0.25, 0.3) is 0 Å². The van der Waals surface area contributed by atoms with Crippen LogP contribution < -0.4 is 4.74 Å². The molecule has 0 heterocycles. The average molecular weight is 261 g/mol. The molecule has 0 aromatic heterocycles. The van der Waals surface area contributed by atoms with Crippen LogP contribution in [0.5, 0.6) is 5.75 Å². The smallest absolute Gasteiger partial charge is 0.123 e. The number of hydrogen-bond acceptors (Lipinski definition) is 4. The molecular formula is C15H23N3O. The first-order valence-corrected chi connectivity index (χ1v) is 6.47. The van der Waals surface area contributed by atoms with Crippen LogP contribution in [0.15, 0.2) is 18.2 Å². The summed E-state index contributed by atoms with van der Waals surface area (Å²) in [4.78, 5) is 4.44. The zero-order chi connectivity index (χ0) is 14.3. The predicted molar refractivity (Wildman–Crippen MR) is 77.2 cm³/mol. The minimum Gasteiger partial charge on any atom is -0.496 e. The molecule has 0 spiro atoms. The first-order chi connectivity index (χ1) is 9.06. The van der Waals surface area contributed by atoms with Crippen LogP contribution >= 0.6 is 0 Å². The molecule has 0 N–H and O–H groups in total. The Labute approximate surface area is 116 Å². The summed E-state index contributed by atoms with van der Waals surface area (Å²) in [5.74, 6) is 0.846. The molecule has 104 valence electrons. The molecule has 0 saturated carbocycles. The normalized spacial score (nSPS) is 10.8. The van der Waals surface area contributed by atoms with Gasteiger partial charge in [-0.3, -0.25) is 0 Å². The fourth-order valence-corrected chi connectivity index (χ4v) is 2.00. The molecule has 0 radical (unpaired) electrons. The lowest BCUT2D eigenvalue weighted by molar-refractivity contribution is 0.289. The van der Waals surface area contributed by atoms with Gasteiger partial charge in [0.1, 0.15) is 5.75 Å². The van der Waals surface area contributed by atoms with Gasteiger partial charge in [-0.2, -0.15) is 5.26 Å². The molecule has 0 aliphatic heterocycles. The van der Waals surface area contributed by atoms with Gasteiger partial charge in [0.15, 0.2) is 0 Å². The van der Waals surface area contributed by atoms with Crippen molar-refractivity contribution in [1.82, 2.24) is 9.80 Å². The summed E-state index contributed by atoms with van der Waals surface area (Å²) in [5.41, 5.74) is 1.74. The van der Waals surface area contributed by atoms with Gasteiger partial charge >= 0.3 is 0 Å². The second-order valence-corrected chi connectivity index (χ2v) is 5.03. The van der Waals surface area contributed by atoms with Crippen LogP contribution in [0.1, 0.15) is 17.5 Å². The van der Waals surface area contributed by atoms with Crippen molar-refractivity contribution < 1.29 is 4.74 Å². The first kappa shape index (κ1) is 15.5. The average Bonchev–Trinajstić information content (AvgIpc) is 2.38. The van der Waals surface area contributed by atoms with Gasteiger partial charge in [-0.25, -0.2) is 0 Å². The van der Waals surface area contributed by atoms with Crippen molar-refractivity contribution in [3.8, 4) is 11.8 Å². The van der Waals surface area contributed by atoms with Gasteiger partial charge in [-0.15, -0.1) is 0 Å². The number of nitriles is 1. The van der Waals surface area contributed by atoms with Crippen LogP contribution in [-0.2, 0) is 6.54 Å². The van der Waals surface area contributed by atoms with E-state index >= 15 is 0 Å². The van der Waals surface area contributed by atoms with Crippen molar-refractivity contribution in [3.63, 3.8) is 0 Å². The fraction of sp³-hybridized carbons (Fsp3) is 0.533. The summed E-state index contributed by atoms with van der Waals surface area (Å²) >= 11 is 0. The van der Waals surface area contributed by atoms with Gasteiger partial charge in [-0.05, 0) is 58.9 Å². The van der Waals surface area contributed by atoms with Crippen molar-refractivity contribution in [3.05, 3.63) is 29.3 Å². The zero-order valence-electron chi connectivity index (χ0n) is 12.3. The standard InChI is InChI=1S/C15H23N3O/c1-17(2)8-5-9-18(3)12-14-10-13(11-16)6-7-15(14)19-4/h6-7,10H,5,8-9,12H2,1-4H3. The Bertz CT molecular complexity index is 438. The maximum Gasteiger partial charge on any atom is 0.123 e. The van der Waals surface area contributed by atoms with Crippen LogP contribution in [0.3, 0.4) is 0 Å². The predicted octanol–water partition coefficient (Wildman–Crippen LogP) is 1.95. The monoisotopic (exact) mass is 261 g/mol. The van der Waals surface area contributed by atoms with Crippen molar-refractivity contribution in [2.45, 2.75) is 13.0 Å². The molecule has 4 nitrogen and oxygen atoms in total. The highest BCUT2D eigenvalue weighted by atomic mass is 16.5. The van der Waals surface area contributed by atoms with Gasteiger partial charge in [-0.1, -0.05) is 0 Å². The fourth-order valence-electron chi connectivity index (χ4n) is 2.00. The van der Waals surface area contributed by atoms with E-state index in [0.717, 1.165) is 37.4 Å².